The van der Waals surface area contributed by atoms with E-state index in [4.69, 9.17) is 4.74 Å². The molecule has 2 aromatic rings. The third-order valence-corrected chi connectivity index (χ3v) is 6.31. The van der Waals surface area contributed by atoms with Gasteiger partial charge in [-0.15, -0.1) is 0 Å². The van der Waals surface area contributed by atoms with Crippen LogP contribution in [0, 0.1) is 5.92 Å². The summed E-state index contributed by atoms with van der Waals surface area (Å²) in [6, 6.07) is 11.0. The Morgan fingerprint density at radius 1 is 1.08 bits per heavy atom. The van der Waals surface area contributed by atoms with Crippen LogP contribution in [0.15, 0.2) is 41.3 Å². The van der Waals surface area contributed by atoms with Crippen molar-refractivity contribution in [2.45, 2.75) is 50.5 Å². The minimum absolute atomic E-state index is 0.0415. The largest absolute Gasteiger partial charge is 0.494 e. The predicted octanol–water partition coefficient (Wildman–Crippen LogP) is 4.10. The molecule has 0 unspecified atom stereocenters. The van der Waals surface area contributed by atoms with E-state index in [1.807, 2.05) is 31.2 Å². The Hall–Kier alpha value is -1.59. The van der Waals surface area contributed by atoms with E-state index in [2.05, 4.69) is 11.6 Å². The van der Waals surface area contributed by atoms with Crippen molar-refractivity contribution in [3.05, 3.63) is 36.4 Å². The van der Waals surface area contributed by atoms with Crippen molar-refractivity contribution in [2.24, 2.45) is 5.92 Å². The minimum atomic E-state index is -3.49. The third-order valence-electron chi connectivity index (χ3n) is 4.82. The molecule has 0 radical (unpaired) electrons. The number of nitrogens with one attached hydrogen (secondary N) is 1. The SMILES string of the molecule is CCOc1ccc2cc(S(=O)(=O)N[C@@H]3CCCC[C@@H]3C)ccc2c1. The molecule has 0 aliphatic heterocycles. The summed E-state index contributed by atoms with van der Waals surface area (Å²) < 4.78 is 33.8. The summed E-state index contributed by atoms with van der Waals surface area (Å²) in [5.41, 5.74) is 0. The fraction of sp³-hybridized carbons (Fsp3) is 0.474. The van der Waals surface area contributed by atoms with Crippen LogP contribution < -0.4 is 9.46 Å². The molecule has 24 heavy (non-hydrogen) atoms. The molecule has 3 rings (SSSR count). The first kappa shape index (κ1) is 17.2. The number of fused-ring (bicyclic) bond motifs is 1. The number of ether oxygens (including phenoxy) is 1. The average molecular weight is 347 g/mol. The number of benzene rings is 2. The molecule has 0 aromatic heterocycles. The zero-order valence-electron chi connectivity index (χ0n) is 14.3. The van der Waals surface area contributed by atoms with Crippen molar-refractivity contribution in [1.82, 2.24) is 4.72 Å². The van der Waals surface area contributed by atoms with E-state index in [1.165, 1.54) is 6.42 Å². The third kappa shape index (κ3) is 3.73. The average Bonchev–Trinajstić information content (AvgIpc) is 2.56. The first-order chi connectivity index (χ1) is 11.5. The zero-order valence-corrected chi connectivity index (χ0v) is 15.1. The Morgan fingerprint density at radius 2 is 1.79 bits per heavy atom. The Bertz CT molecular complexity index is 816. The van der Waals surface area contributed by atoms with Crippen molar-refractivity contribution in [3.8, 4) is 5.75 Å². The molecule has 0 amide bonds. The van der Waals surface area contributed by atoms with Crippen LogP contribution in [0.2, 0.25) is 0 Å². The molecule has 5 heteroatoms. The molecule has 130 valence electrons. The molecular weight excluding hydrogens is 322 g/mol. The van der Waals surface area contributed by atoms with Gasteiger partial charge in [0.25, 0.3) is 0 Å². The highest BCUT2D eigenvalue weighted by Gasteiger charge is 2.26. The summed E-state index contributed by atoms with van der Waals surface area (Å²) in [5, 5.41) is 1.88. The van der Waals surface area contributed by atoms with Gasteiger partial charge in [-0.1, -0.05) is 31.9 Å². The van der Waals surface area contributed by atoms with E-state index in [-0.39, 0.29) is 6.04 Å². The number of sulfonamides is 1. The molecule has 2 aromatic carbocycles. The topological polar surface area (TPSA) is 55.4 Å². The van der Waals surface area contributed by atoms with Crippen molar-refractivity contribution >= 4 is 20.8 Å². The molecule has 1 aliphatic rings. The monoisotopic (exact) mass is 347 g/mol. The van der Waals surface area contributed by atoms with E-state index in [0.29, 0.717) is 17.4 Å². The van der Waals surface area contributed by atoms with Crippen molar-refractivity contribution in [2.75, 3.05) is 6.61 Å². The van der Waals surface area contributed by atoms with E-state index < -0.39 is 10.0 Å². The molecule has 0 spiro atoms. The van der Waals surface area contributed by atoms with Gasteiger partial charge in [-0.05, 0) is 60.7 Å². The second-order valence-corrected chi connectivity index (χ2v) is 8.31. The minimum Gasteiger partial charge on any atom is -0.494 e. The molecule has 2 atom stereocenters. The molecule has 1 fully saturated rings. The summed E-state index contributed by atoms with van der Waals surface area (Å²) >= 11 is 0. The summed E-state index contributed by atoms with van der Waals surface area (Å²) in [7, 11) is -3.49. The number of hydrogen-bond acceptors (Lipinski definition) is 3. The highest BCUT2D eigenvalue weighted by Crippen LogP contribution is 2.27. The smallest absolute Gasteiger partial charge is 0.240 e. The zero-order chi connectivity index (χ0) is 17.2. The van der Waals surface area contributed by atoms with Gasteiger partial charge in [0.1, 0.15) is 5.75 Å². The summed E-state index contributed by atoms with van der Waals surface area (Å²) in [4.78, 5) is 0.330. The van der Waals surface area contributed by atoms with Gasteiger partial charge in [0.2, 0.25) is 10.0 Å². The van der Waals surface area contributed by atoms with E-state index in [0.717, 1.165) is 35.8 Å². The normalized spacial score (nSPS) is 21.8. The van der Waals surface area contributed by atoms with E-state index >= 15 is 0 Å². The Balaban J connectivity index is 1.86. The van der Waals surface area contributed by atoms with Crippen LogP contribution in [0.5, 0.6) is 5.75 Å². The van der Waals surface area contributed by atoms with Gasteiger partial charge in [-0.25, -0.2) is 13.1 Å². The molecule has 4 nitrogen and oxygen atoms in total. The van der Waals surface area contributed by atoms with Gasteiger partial charge in [-0.3, -0.25) is 0 Å². The maximum absolute atomic E-state index is 12.7. The predicted molar refractivity (Wildman–Crippen MR) is 96.9 cm³/mol. The fourth-order valence-electron chi connectivity index (χ4n) is 3.38. The molecule has 1 aliphatic carbocycles. The standard InChI is InChI=1S/C19H25NO3S/c1-3-23-17-10-8-16-13-18(11-9-15(16)12-17)24(21,22)20-19-7-5-4-6-14(19)2/h8-14,19-20H,3-7H2,1-2H3/t14-,19+/m0/s1. The maximum Gasteiger partial charge on any atom is 0.240 e. The van der Waals surface area contributed by atoms with E-state index in [9.17, 15) is 8.42 Å². The van der Waals surface area contributed by atoms with Crippen LogP contribution in [-0.2, 0) is 10.0 Å². The van der Waals surface area contributed by atoms with Gasteiger partial charge in [0.15, 0.2) is 0 Å². The summed E-state index contributed by atoms with van der Waals surface area (Å²) in [5.74, 6) is 1.19. The van der Waals surface area contributed by atoms with Gasteiger partial charge in [-0.2, -0.15) is 0 Å². The van der Waals surface area contributed by atoms with Gasteiger partial charge < -0.3 is 4.74 Å². The summed E-state index contributed by atoms with van der Waals surface area (Å²) in [6.07, 6.45) is 4.30. The molecule has 1 saturated carbocycles. The Morgan fingerprint density at radius 3 is 2.54 bits per heavy atom. The lowest BCUT2D eigenvalue weighted by Gasteiger charge is -2.29. The number of rotatable bonds is 5. The number of hydrogen-bond donors (Lipinski definition) is 1. The summed E-state index contributed by atoms with van der Waals surface area (Å²) in [6.45, 7) is 4.68. The van der Waals surface area contributed by atoms with Crippen LogP contribution in [-0.4, -0.2) is 21.1 Å². The molecule has 0 saturated heterocycles. The molecular formula is C19H25NO3S. The highest BCUT2D eigenvalue weighted by molar-refractivity contribution is 7.89. The van der Waals surface area contributed by atoms with Crippen LogP contribution in [0.3, 0.4) is 0 Å². The second kappa shape index (κ2) is 7.11. The van der Waals surface area contributed by atoms with Gasteiger partial charge in [0, 0.05) is 6.04 Å². The first-order valence-electron chi connectivity index (χ1n) is 8.68. The van der Waals surface area contributed by atoms with Crippen LogP contribution in [0.1, 0.15) is 39.5 Å². The Kier molecular flexibility index (Phi) is 5.11. The van der Waals surface area contributed by atoms with Crippen LogP contribution >= 0.6 is 0 Å². The lowest BCUT2D eigenvalue weighted by molar-refractivity contribution is 0.310. The van der Waals surface area contributed by atoms with Gasteiger partial charge in [0.05, 0.1) is 11.5 Å². The Labute approximate surface area is 144 Å². The van der Waals surface area contributed by atoms with Crippen molar-refractivity contribution in [3.63, 3.8) is 0 Å². The first-order valence-corrected chi connectivity index (χ1v) is 10.2. The maximum atomic E-state index is 12.7. The highest BCUT2D eigenvalue weighted by atomic mass is 32.2. The second-order valence-electron chi connectivity index (χ2n) is 6.59. The van der Waals surface area contributed by atoms with Crippen LogP contribution in [0.25, 0.3) is 10.8 Å². The van der Waals surface area contributed by atoms with Crippen molar-refractivity contribution < 1.29 is 13.2 Å². The quantitative estimate of drug-likeness (QED) is 0.886. The fourth-order valence-corrected chi connectivity index (χ4v) is 4.80. The van der Waals surface area contributed by atoms with Gasteiger partial charge >= 0.3 is 0 Å². The van der Waals surface area contributed by atoms with Crippen molar-refractivity contribution in [1.29, 1.82) is 0 Å². The van der Waals surface area contributed by atoms with Crippen LogP contribution in [0.4, 0.5) is 0 Å². The lowest BCUT2D eigenvalue weighted by atomic mass is 9.87. The molecule has 0 bridgehead atoms. The molecule has 0 heterocycles. The lowest BCUT2D eigenvalue weighted by Crippen LogP contribution is -2.40. The molecule has 1 N–H and O–H groups in total. The van der Waals surface area contributed by atoms with E-state index in [1.54, 1.807) is 12.1 Å².